The number of carbonyl (C=O) groups excluding carboxylic acids is 1. The Morgan fingerprint density at radius 3 is 2.43 bits per heavy atom. The highest BCUT2D eigenvalue weighted by atomic mass is 32.1. The SMILES string of the molecule is NC(=S)Cc1ccc(NC(=O)c2cccc(F)c2F)cc1. The molecule has 6 heteroatoms. The van der Waals surface area contributed by atoms with Crippen LogP contribution in [-0.4, -0.2) is 10.9 Å². The number of anilines is 1. The Bertz CT molecular complexity index is 687. The summed E-state index contributed by atoms with van der Waals surface area (Å²) in [7, 11) is 0. The van der Waals surface area contributed by atoms with Crippen LogP contribution in [-0.2, 0) is 6.42 Å². The van der Waals surface area contributed by atoms with Gasteiger partial charge in [0.05, 0.1) is 10.6 Å². The van der Waals surface area contributed by atoms with Crippen molar-refractivity contribution in [3.05, 3.63) is 65.2 Å². The first kappa shape index (κ1) is 15.1. The molecule has 0 aliphatic carbocycles. The zero-order chi connectivity index (χ0) is 15.4. The monoisotopic (exact) mass is 306 g/mol. The van der Waals surface area contributed by atoms with Crippen LogP contribution in [0.15, 0.2) is 42.5 Å². The van der Waals surface area contributed by atoms with Crippen LogP contribution in [0, 0.1) is 11.6 Å². The Morgan fingerprint density at radius 1 is 1.14 bits per heavy atom. The summed E-state index contributed by atoms with van der Waals surface area (Å²) in [4.78, 5) is 12.3. The van der Waals surface area contributed by atoms with Crippen LogP contribution in [0.3, 0.4) is 0 Å². The molecule has 3 N–H and O–H groups in total. The molecule has 3 nitrogen and oxygen atoms in total. The lowest BCUT2D eigenvalue weighted by Gasteiger charge is -2.07. The number of hydrogen-bond donors (Lipinski definition) is 2. The molecule has 0 radical (unpaired) electrons. The average Bonchev–Trinajstić information content (AvgIpc) is 2.43. The fraction of sp³-hybridized carbons (Fsp3) is 0.0667. The lowest BCUT2D eigenvalue weighted by molar-refractivity contribution is 0.102. The molecule has 2 aromatic rings. The van der Waals surface area contributed by atoms with Crippen LogP contribution in [0.2, 0.25) is 0 Å². The van der Waals surface area contributed by atoms with Gasteiger partial charge in [-0.3, -0.25) is 4.79 Å². The Balaban J connectivity index is 2.12. The van der Waals surface area contributed by atoms with Crippen LogP contribution in [0.5, 0.6) is 0 Å². The molecule has 108 valence electrons. The Morgan fingerprint density at radius 2 is 1.81 bits per heavy atom. The van der Waals surface area contributed by atoms with Crippen LogP contribution in [0.25, 0.3) is 0 Å². The highest BCUT2D eigenvalue weighted by Gasteiger charge is 2.15. The van der Waals surface area contributed by atoms with Gasteiger partial charge in [-0.2, -0.15) is 0 Å². The van der Waals surface area contributed by atoms with Gasteiger partial charge < -0.3 is 11.1 Å². The van der Waals surface area contributed by atoms with Crippen molar-refractivity contribution in [1.82, 2.24) is 0 Å². The highest BCUT2D eigenvalue weighted by Crippen LogP contribution is 2.15. The van der Waals surface area contributed by atoms with Gasteiger partial charge in [-0.05, 0) is 29.8 Å². The van der Waals surface area contributed by atoms with Crippen molar-refractivity contribution in [2.24, 2.45) is 5.73 Å². The molecular formula is C15H12F2N2OS. The molecule has 21 heavy (non-hydrogen) atoms. The number of carbonyl (C=O) groups is 1. The fourth-order valence-electron chi connectivity index (χ4n) is 1.78. The summed E-state index contributed by atoms with van der Waals surface area (Å²) in [6.07, 6.45) is 0.460. The lowest BCUT2D eigenvalue weighted by atomic mass is 10.1. The molecule has 0 saturated carbocycles. The molecule has 0 fully saturated rings. The van der Waals surface area contributed by atoms with E-state index in [1.165, 1.54) is 12.1 Å². The van der Waals surface area contributed by atoms with Gasteiger partial charge >= 0.3 is 0 Å². The molecule has 0 bridgehead atoms. The maximum Gasteiger partial charge on any atom is 0.258 e. The third-order valence-corrected chi connectivity index (χ3v) is 2.93. The van der Waals surface area contributed by atoms with Crippen molar-refractivity contribution in [3.8, 4) is 0 Å². The van der Waals surface area contributed by atoms with E-state index in [2.05, 4.69) is 5.32 Å². The summed E-state index contributed by atoms with van der Waals surface area (Å²) in [5.74, 6) is -2.94. The first-order chi connectivity index (χ1) is 9.97. The number of hydrogen-bond acceptors (Lipinski definition) is 2. The topological polar surface area (TPSA) is 55.1 Å². The maximum absolute atomic E-state index is 13.5. The number of amides is 1. The normalized spacial score (nSPS) is 10.2. The summed E-state index contributed by atoms with van der Waals surface area (Å²) < 4.78 is 26.6. The van der Waals surface area contributed by atoms with E-state index in [4.69, 9.17) is 18.0 Å². The van der Waals surface area contributed by atoms with E-state index in [-0.39, 0.29) is 5.56 Å². The predicted molar refractivity (Wildman–Crippen MR) is 81.2 cm³/mol. The molecule has 0 aromatic heterocycles. The van der Waals surface area contributed by atoms with Gasteiger partial charge in [0.25, 0.3) is 5.91 Å². The number of benzene rings is 2. The molecular weight excluding hydrogens is 294 g/mol. The second kappa shape index (κ2) is 6.41. The average molecular weight is 306 g/mol. The second-order valence-corrected chi connectivity index (χ2v) is 4.92. The zero-order valence-corrected chi connectivity index (χ0v) is 11.7. The van der Waals surface area contributed by atoms with E-state index >= 15 is 0 Å². The van der Waals surface area contributed by atoms with Gasteiger partial charge in [-0.15, -0.1) is 0 Å². The molecule has 0 unspecified atom stereocenters. The second-order valence-electron chi connectivity index (χ2n) is 4.40. The van der Waals surface area contributed by atoms with Crippen LogP contribution in [0.1, 0.15) is 15.9 Å². The van der Waals surface area contributed by atoms with Gasteiger partial charge in [-0.1, -0.05) is 30.4 Å². The van der Waals surface area contributed by atoms with Gasteiger partial charge in [0, 0.05) is 12.1 Å². The largest absolute Gasteiger partial charge is 0.393 e. The minimum absolute atomic E-state index is 0.345. The molecule has 0 aliphatic heterocycles. The van der Waals surface area contributed by atoms with Gasteiger partial charge in [0.1, 0.15) is 0 Å². The molecule has 0 atom stereocenters. The first-order valence-corrected chi connectivity index (χ1v) is 6.51. The zero-order valence-electron chi connectivity index (χ0n) is 10.9. The van der Waals surface area contributed by atoms with Crippen molar-refractivity contribution in [2.75, 3.05) is 5.32 Å². The molecule has 0 aliphatic rings. The van der Waals surface area contributed by atoms with E-state index < -0.39 is 17.5 Å². The Kier molecular flexibility index (Phi) is 4.59. The highest BCUT2D eigenvalue weighted by molar-refractivity contribution is 7.80. The Hall–Kier alpha value is -2.34. The van der Waals surface area contributed by atoms with Crippen molar-refractivity contribution < 1.29 is 13.6 Å². The number of halogens is 2. The van der Waals surface area contributed by atoms with Gasteiger partial charge in [0.15, 0.2) is 11.6 Å². The van der Waals surface area contributed by atoms with Crippen molar-refractivity contribution in [3.63, 3.8) is 0 Å². The molecule has 1 amide bonds. The summed E-state index contributed by atoms with van der Waals surface area (Å²) in [5, 5.41) is 2.50. The van der Waals surface area contributed by atoms with E-state index in [0.29, 0.717) is 17.1 Å². The summed E-state index contributed by atoms with van der Waals surface area (Å²) in [6.45, 7) is 0. The number of rotatable bonds is 4. The van der Waals surface area contributed by atoms with Crippen LogP contribution >= 0.6 is 12.2 Å². The molecule has 0 spiro atoms. The molecule has 0 saturated heterocycles. The smallest absolute Gasteiger partial charge is 0.258 e. The van der Waals surface area contributed by atoms with Crippen LogP contribution < -0.4 is 11.1 Å². The molecule has 0 heterocycles. The molecule has 2 rings (SSSR count). The summed E-state index contributed by atoms with van der Waals surface area (Å²) in [5.41, 5.74) is 6.46. The third kappa shape index (κ3) is 3.82. The van der Waals surface area contributed by atoms with E-state index in [1.807, 2.05) is 0 Å². The van der Waals surface area contributed by atoms with Crippen molar-refractivity contribution >= 4 is 28.8 Å². The standard InChI is InChI=1S/C15H12F2N2OS/c16-12-3-1-2-11(14(12)17)15(20)19-10-6-4-9(5-7-10)8-13(18)21/h1-7H,8H2,(H2,18,21)(H,19,20). The van der Waals surface area contributed by atoms with E-state index in [1.54, 1.807) is 24.3 Å². The van der Waals surface area contributed by atoms with Crippen LogP contribution in [0.4, 0.5) is 14.5 Å². The lowest BCUT2D eigenvalue weighted by Crippen LogP contribution is -2.15. The minimum atomic E-state index is -1.17. The first-order valence-electron chi connectivity index (χ1n) is 6.10. The minimum Gasteiger partial charge on any atom is -0.393 e. The Labute approximate surface area is 125 Å². The molecule has 2 aromatic carbocycles. The predicted octanol–water partition coefficient (Wildman–Crippen LogP) is 3.05. The number of nitrogens with two attached hydrogens (primary N) is 1. The van der Waals surface area contributed by atoms with Crippen molar-refractivity contribution in [2.45, 2.75) is 6.42 Å². The summed E-state index contributed by atoms with van der Waals surface area (Å²) >= 11 is 4.80. The van der Waals surface area contributed by atoms with Gasteiger partial charge in [0.2, 0.25) is 0 Å². The van der Waals surface area contributed by atoms with Crippen molar-refractivity contribution in [1.29, 1.82) is 0 Å². The quantitative estimate of drug-likeness (QED) is 0.854. The third-order valence-electron chi connectivity index (χ3n) is 2.79. The van der Waals surface area contributed by atoms with E-state index in [0.717, 1.165) is 11.6 Å². The van der Waals surface area contributed by atoms with E-state index in [9.17, 15) is 13.6 Å². The fourth-order valence-corrected chi connectivity index (χ4v) is 1.95. The number of thiocarbonyl (C=S) groups is 1. The number of nitrogens with one attached hydrogen (secondary N) is 1. The van der Waals surface area contributed by atoms with Gasteiger partial charge in [-0.25, -0.2) is 8.78 Å². The summed E-state index contributed by atoms with van der Waals surface area (Å²) in [6, 6.07) is 10.2. The maximum atomic E-state index is 13.5.